The first-order chi connectivity index (χ1) is 14.4. The van der Waals surface area contributed by atoms with Crippen LogP contribution in [-0.2, 0) is 20.8 Å². The summed E-state index contributed by atoms with van der Waals surface area (Å²) in [5.74, 6) is -0.671. The number of hydrogen-bond acceptors (Lipinski definition) is 5. The summed E-state index contributed by atoms with van der Waals surface area (Å²) >= 11 is 0. The van der Waals surface area contributed by atoms with Crippen LogP contribution in [0.5, 0.6) is 0 Å². The molecule has 156 valence electrons. The molecule has 0 bridgehead atoms. The van der Waals surface area contributed by atoms with E-state index < -0.39 is 18.1 Å². The number of nitrogens with zero attached hydrogens (tertiary/aromatic N) is 2. The van der Waals surface area contributed by atoms with Crippen LogP contribution in [0.1, 0.15) is 34.7 Å². The predicted molar refractivity (Wildman–Crippen MR) is 113 cm³/mol. The molecule has 2 heterocycles. The van der Waals surface area contributed by atoms with Gasteiger partial charge in [0.2, 0.25) is 6.10 Å². The highest BCUT2D eigenvalue weighted by molar-refractivity contribution is 6.09. The van der Waals surface area contributed by atoms with Crippen molar-refractivity contribution in [2.24, 2.45) is 11.1 Å². The van der Waals surface area contributed by atoms with Crippen molar-refractivity contribution in [1.29, 1.82) is 0 Å². The Bertz CT molecular complexity index is 992. The molecular weight excluding hydrogens is 380 g/mol. The zero-order chi connectivity index (χ0) is 21.4. The number of cyclic esters (lactones) is 1. The summed E-state index contributed by atoms with van der Waals surface area (Å²) in [5, 5.41) is 4.26. The zero-order valence-corrected chi connectivity index (χ0v) is 17.7. The van der Waals surface area contributed by atoms with Crippen molar-refractivity contribution >= 4 is 17.7 Å². The molecule has 3 atom stereocenters. The van der Waals surface area contributed by atoms with Crippen LogP contribution in [0.4, 0.5) is 4.79 Å². The van der Waals surface area contributed by atoms with Gasteiger partial charge in [0.25, 0.3) is 5.91 Å². The molecule has 2 aromatic carbocycles. The maximum Gasteiger partial charge on any atom is 0.417 e. The Kier molecular flexibility index (Phi) is 5.33. The second kappa shape index (κ2) is 7.94. The quantitative estimate of drug-likeness (QED) is 0.771. The van der Waals surface area contributed by atoms with Gasteiger partial charge >= 0.3 is 6.09 Å². The minimum absolute atomic E-state index is 0.185. The van der Waals surface area contributed by atoms with E-state index in [0.717, 1.165) is 28.0 Å². The Labute approximate surface area is 176 Å². The van der Waals surface area contributed by atoms with E-state index in [2.05, 4.69) is 24.2 Å². The van der Waals surface area contributed by atoms with E-state index in [4.69, 9.17) is 9.57 Å². The third-order valence-corrected chi connectivity index (χ3v) is 5.84. The van der Waals surface area contributed by atoms with E-state index in [1.807, 2.05) is 51.1 Å². The van der Waals surface area contributed by atoms with Crippen molar-refractivity contribution in [2.75, 3.05) is 6.61 Å². The van der Waals surface area contributed by atoms with Crippen LogP contribution in [0.25, 0.3) is 0 Å². The Morgan fingerprint density at radius 1 is 1.13 bits per heavy atom. The molecule has 0 spiro atoms. The summed E-state index contributed by atoms with van der Waals surface area (Å²) in [6.07, 6.45) is -0.916. The normalized spacial score (nSPS) is 23.2. The highest BCUT2D eigenvalue weighted by atomic mass is 16.6. The molecule has 0 radical (unpaired) electrons. The largest absolute Gasteiger partial charge is 0.447 e. The molecule has 0 N–H and O–H groups in total. The summed E-state index contributed by atoms with van der Waals surface area (Å²) in [6.45, 7) is 8.23. The summed E-state index contributed by atoms with van der Waals surface area (Å²) in [5.41, 5.74) is 6.16. The molecule has 2 aliphatic heterocycles. The first-order valence-electron chi connectivity index (χ1n) is 10.2. The molecule has 6 heteroatoms. The van der Waals surface area contributed by atoms with Gasteiger partial charge in [-0.25, -0.2) is 9.69 Å². The van der Waals surface area contributed by atoms with E-state index in [1.165, 1.54) is 10.5 Å². The Balaban J connectivity index is 1.55. The van der Waals surface area contributed by atoms with Crippen molar-refractivity contribution < 1.29 is 19.2 Å². The van der Waals surface area contributed by atoms with Gasteiger partial charge in [-0.2, -0.15) is 0 Å². The molecular formula is C24H26N2O4. The summed E-state index contributed by atoms with van der Waals surface area (Å²) < 4.78 is 5.20. The van der Waals surface area contributed by atoms with Crippen LogP contribution in [0.15, 0.2) is 47.6 Å². The first kappa shape index (κ1) is 20.1. The van der Waals surface area contributed by atoms with Crippen molar-refractivity contribution in [3.8, 4) is 0 Å². The maximum atomic E-state index is 13.3. The van der Waals surface area contributed by atoms with Crippen LogP contribution in [0.2, 0.25) is 0 Å². The number of amides is 2. The minimum Gasteiger partial charge on any atom is -0.447 e. The average molecular weight is 406 g/mol. The van der Waals surface area contributed by atoms with Crippen molar-refractivity contribution in [3.63, 3.8) is 0 Å². The molecule has 30 heavy (non-hydrogen) atoms. The van der Waals surface area contributed by atoms with E-state index >= 15 is 0 Å². The lowest BCUT2D eigenvalue weighted by Gasteiger charge is -2.24. The van der Waals surface area contributed by atoms with Crippen LogP contribution in [-0.4, -0.2) is 41.4 Å². The van der Waals surface area contributed by atoms with Gasteiger partial charge in [-0.15, -0.1) is 0 Å². The molecule has 0 saturated carbocycles. The second-order valence-electron chi connectivity index (χ2n) is 8.19. The van der Waals surface area contributed by atoms with E-state index in [1.54, 1.807) is 0 Å². The third kappa shape index (κ3) is 3.58. The molecule has 1 saturated heterocycles. The number of carbonyl (C=O) groups excluding carboxylic acids is 2. The lowest BCUT2D eigenvalue weighted by Crippen LogP contribution is -2.47. The summed E-state index contributed by atoms with van der Waals surface area (Å²) in [7, 11) is 0. The topological polar surface area (TPSA) is 68.2 Å². The van der Waals surface area contributed by atoms with Crippen LogP contribution >= 0.6 is 0 Å². The smallest absolute Gasteiger partial charge is 0.417 e. The van der Waals surface area contributed by atoms with E-state index in [0.29, 0.717) is 6.42 Å². The van der Waals surface area contributed by atoms with E-state index in [-0.39, 0.29) is 18.6 Å². The standard InChI is InChI=1S/C24H26N2O4/c1-14-10-15(2)20(16(3)11-14)21-17(4)22(30-25-21)23(27)26-19(13-29-24(26)28)12-18-8-6-5-7-9-18/h5-11,17,19,22H,12-13H2,1-4H3/t17-,19+,22-/m1/s1. The Hall–Kier alpha value is -3.15. The lowest BCUT2D eigenvalue weighted by atomic mass is 9.87. The van der Waals surface area contributed by atoms with Gasteiger partial charge in [0.1, 0.15) is 6.61 Å². The third-order valence-electron chi connectivity index (χ3n) is 5.84. The molecule has 2 aliphatic rings. The number of hydrogen-bond donors (Lipinski definition) is 0. The van der Waals surface area contributed by atoms with Crippen molar-refractivity contribution in [1.82, 2.24) is 4.90 Å². The van der Waals surface area contributed by atoms with Gasteiger partial charge in [-0.1, -0.05) is 60.1 Å². The van der Waals surface area contributed by atoms with Crippen molar-refractivity contribution in [2.45, 2.75) is 46.3 Å². The molecule has 2 aromatic rings. The number of imide groups is 1. The number of ether oxygens (including phenoxy) is 1. The molecule has 0 aromatic heterocycles. The number of aryl methyl sites for hydroxylation is 3. The second-order valence-corrected chi connectivity index (χ2v) is 8.19. The van der Waals surface area contributed by atoms with Crippen LogP contribution in [0.3, 0.4) is 0 Å². The fourth-order valence-corrected chi connectivity index (χ4v) is 4.45. The highest BCUT2D eigenvalue weighted by Crippen LogP contribution is 2.30. The average Bonchev–Trinajstić information content (AvgIpc) is 3.24. The monoisotopic (exact) mass is 406 g/mol. The highest BCUT2D eigenvalue weighted by Gasteiger charge is 2.46. The number of oxime groups is 1. The molecule has 6 nitrogen and oxygen atoms in total. The van der Waals surface area contributed by atoms with Crippen molar-refractivity contribution in [3.05, 3.63) is 70.3 Å². The summed E-state index contributed by atoms with van der Waals surface area (Å²) in [4.78, 5) is 32.5. The lowest BCUT2D eigenvalue weighted by molar-refractivity contribution is -0.141. The fourth-order valence-electron chi connectivity index (χ4n) is 4.45. The van der Waals surface area contributed by atoms with Gasteiger partial charge in [-0.3, -0.25) is 4.79 Å². The van der Waals surface area contributed by atoms with Gasteiger partial charge in [0, 0.05) is 5.56 Å². The molecule has 1 fully saturated rings. The predicted octanol–water partition coefficient (Wildman–Crippen LogP) is 3.94. The number of carbonyl (C=O) groups is 2. The minimum atomic E-state index is -0.843. The van der Waals surface area contributed by atoms with Gasteiger partial charge in [-0.05, 0) is 43.9 Å². The zero-order valence-electron chi connectivity index (χ0n) is 17.7. The maximum absolute atomic E-state index is 13.3. The van der Waals surface area contributed by atoms with Crippen LogP contribution < -0.4 is 0 Å². The van der Waals surface area contributed by atoms with Gasteiger partial charge < -0.3 is 9.57 Å². The van der Waals surface area contributed by atoms with Gasteiger partial charge in [0.15, 0.2) is 0 Å². The molecule has 0 aliphatic carbocycles. The van der Waals surface area contributed by atoms with Gasteiger partial charge in [0.05, 0.1) is 17.7 Å². The van der Waals surface area contributed by atoms with Crippen LogP contribution in [0, 0.1) is 26.7 Å². The van der Waals surface area contributed by atoms with E-state index in [9.17, 15) is 9.59 Å². The Morgan fingerprint density at radius 3 is 2.47 bits per heavy atom. The fraction of sp³-hybridized carbons (Fsp3) is 0.375. The summed E-state index contributed by atoms with van der Waals surface area (Å²) in [6, 6.07) is 13.6. The number of rotatable bonds is 4. The SMILES string of the molecule is Cc1cc(C)c(C2=NO[C@@H](C(=O)N3C(=O)OC[C@@H]3Cc3ccccc3)[C@@H]2C)c(C)c1. The Morgan fingerprint density at radius 2 is 1.80 bits per heavy atom. The molecule has 4 rings (SSSR count). The molecule has 0 unspecified atom stereocenters. The number of benzene rings is 2. The first-order valence-corrected chi connectivity index (χ1v) is 10.2. The molecule has 2 amide bonds.